The molecule has 1 amide bonds. The number of carbonyl (C=O) groups is 1. The SMILES string of the molecule is O=C(CCc1ccc(F)cc1)Nc1ccc2nc[nH]c2c1. The van der Waals surface area contributed by atoms with Crippen LogP contribution in [-0.2, 0) is 11.2 Å². The van der Waals surface area contributed by atoms with Crippen LogP contribution >= 0.6 is 0 Å². The number of nitrogens with zero attached hydrogens (tertiary/aromatic N) is 1. The molecule has 2 aromatic carbocycles. The van der Waals surface area contributed by atoms with Crippen LogP contribution in [0.1, 0.15) is 12.0 Å². The molecule has 0 atom stereocenters. The lowest BCUT2D eigenvalue weighted by Gasteiger charge is -2.05. The van der Waals surface area contributed by atoms with Crippen molar-refractivity contribution in [3.05, 3.63) is 60.2 Å². The number of hydrogen-bond acceptors (Lipinski definition) is 2. The monoisotopic (exact) mass is 283 g/mol. The maximum absolute atomic E-state index is 12.8. The zero-order valence-corrected chi connectivity index (χ0v) is 11.3. The van der Waals surface area contributed by atoms with E-state index in [-0.39, 0.29) is 11.7 Å². The predicted molar refractivity (Wildman–Crippen MR) is 79.4 cm³/mol. The Bertz CT molecular complexity index is 765. The maximum atomic E-state index is 12.8. The number of carbonyl (C=O) groups excluding carboxylic acids is 1. The second-order valence-electron chi connectivity index (χ2n) is 4.81. The van der Waals surface area contributed by atoms with Gasteiger partial charge in [-0.1, -0.05) is 12.1 Å². The molecule has 0 spiro atoms. The van der Waals surface area contributed by atoms with Gasteiger partial charge in [0.25, 0.3) is 0 Å². The highest BCUT2D eigenvalue weighted by atomic mass is 19.1. The highest BCUT2D eigenvalue weighted by Gasteiger charge is 2.05. The van der Waals surface area contributed by atoms with Gasteiger partial charge in [0, 0.05) is 12.1 Å². The molecule has 21 heavy (non-hydrogen) atoms. The van der Waals surface area contributed by atoms with Crippen molar-refractivity contribution in [3.8, 4) is 0 Å². The van der Waals surface area contributed by atoms with Crippen molar-refractivity contribution in [2.24, 2.45) is 0 Å². The third-order valence-electron chi connectivity index (χ3n) is 3.26. The lowest BCUT2D eigenvalue weighted by Crippen LogP contribution is -2.12. The Hall–Kier alpha value is -2.69. The van der Waals surface area contributed by atoms with Crippen molar-refractivity contribution in [1.29, 1.82) is 0 Å². The molecule has 0 saturated heterocycles. The van der Waals surface area contributed by atoms with E-state index in [1.807, 2.05) is 18.2 Å². The number of rotatable bonds is 4. The first-order chi connectivity index (χ1) is 10.2. The van der Waals surface area contributed by atoms with Gasteiger partial charge in [-0.25, -0.2) is 9.37 Å². The minimum atomic E-state index is -0.268. The summed E-state index contributed by atoms with van der Waals surface area (Å²) >= 11 is 0. The number of fused-ring (bicyclic) bond motifs is 1. The topological polar surface area (TPSA) is 57.8 Å². The lowest BCUT2D eigenvalue weighted by molar-refractivity contribution is -0.116. The number of nitrogens with one attached hydrogen (secondary N) is 2. The zero-order valence-electron chi connectivity index (χ0n) is 11.3. The maximum Gasteiger partial charge on any atom is 0.224 e. The molecule has 1 aromatic heterocycles. The number of amides is 1. The number of benzene rings is 2. The van der Waals surface area contributed by atoms with Gasteiger partial charge in [-0.3, -0.25) is 4.79 Å². The summed E-state index contributed by atoms with van der Waals surface area (Å²) in [6.07, 6.45) is 2.55. The van der Waals surface area contributed by atoms with E-state index >= 15 is 0 Å². The van der Waals surface area contributed by atoms with Gasteiger partial charge in [0.15, 0.2) is 0 Å². The molecule has 0 unspecified atom stereocenters. The summed E-state index contributed by atoms with van der Waals surface area (Å²) in [5.74, 6) is -0.339. The van der Waals surface area contributed by atoms with E-state index in [0.717, 1.165) is 22.3 Å². The van der Waals surface area contributed by atoms with Gasteiger partial charge < -0.3 is 10.3 Å². The molecule has 0 radical (unpaired) electrons. The number of hydrogen-bond donors (Lipinski definition) is 2. The van der Waals surface area contributed by atoms with Crippen molar-refractivity contribution < 1.29 is 9.18 Å². The number of imidazole rings is 1. The van der Waals surface area contributed by atoms with E-state index < -0.39 is 0 Å². The van der Waals surface area contributed by atoms with Gasteiger partial charge in [0.2, 0.25) is 5.91 Å². The summed E-state index contributed by atoms with van der Waals surface area (Å²) in [6, 6.07) is 11.7. The molecule has 0 saturated carbocycles. The molecule has 4 nitrogen and oxygen atoms in total. The van der Waals surface area contributed by atoms with Gasteiger partial charge in [-0.2, -0.15) is 0 Å². The van der Waals surface area contributed by atoms with E-state index in [1.54, 1.807) is 18.5 Å². The van der Waals surface area contributed by atoms with Gasteiger partial charge in [-0.05, 0) is 42.3 Å². The Morgan fingerprint density at radius 2 is 2.00 bits per heavy atom. The first-order valence-corrected chi connectivity index (χ1v) is 6.68. The molecule has 1 heterocycles. The molecule has 0 fully saturated rings. The van der Waals surface area contributed by atoms with Crippen LogP contribution < -0.4 is 5.32 Å². The van der Waals surface area contributed by atoms with Crippen LogP contribution in [0, 0.1) is 5.82 Å². The number of anilines is 1. The van der Waals surface area contributed by atoms with Crippen molar-refractivity contribution in [2.75, 3.05) is 5.32 Å². The number of aromatic amines is 1. The third kappa shape index (κ3) is 3.25. The normalized spacial score (nSPS) is 10.7. The van der Waals surface area contributed by atoms with Gasteiger partial charge in [0.05, 0.1) is 17.4 Å². The summed E-state index contributed by atoms with van der Waals surface area (Å²) in [6.45, 7) is 0. The fourth-order valence-corrected chi connectivity index (χ4v) is 2.15. The standard InChI is InChI=1S/C16H14FN3O/c17-12-4-1-11(2-5-12)3-8-16(21)20-13-6-7-14-15(9-13)19-10-18-14/h1-2,4-7,9-10H,3,8H2,(H,18,19)(H,20,21). The average Bonchev–Trinajstić information content (AvgIpc) is 2.94. The Kier molecular flexibility index (Phi) is 3.64. The lowest BCUT2D eigenvalue weighted by atomic mass is 10.1. The molecule has 5 heteroatoms. The number of aromatic nitrogens is 2. The highest BCUT2D eigenvalue weighted by Crippen LogP contribution is 2.16. The van der Waals surface area contributed by atoms with Crippen LogP contribution in [0.15, 0.2) is 48.8 Å². The molecule has 3 aromatic rings. The van der Waals surface area contributed by atoms with Crippen LogP contribution in [0.25, 0.3) is 11.0 Å². The number of aryl methyl sites for hydroxylation is 1. The van der Waals surface area contributed by atoms with E-state index in [4.69, 9.17) is 0 Å². The fraction of sp³-hybridized carbons (Fsp3) is 0.125. The molecule has 3 rings (SSSR count). The van der Waals surface area contributed by atoms with Crippen molar-refractivity contribution >= 4 is 22.6 Å². The Morgan fingerprint density at radius 3 is 2.81 bits per heavy atom. The van der Waals surface area contributed by atoms with E-state index in [1.165, 1.54) is 12.1 Å². The second-order valence-corrected chi connectivity index (χ2v) is 4.81. The quantitative estimate of drug-likeness (QED) is 0.772. The summed E-state index contributed by atoms with van der Waals surface area (Å²) in [5.41, 5.74) is 3.41. The summed E-state index contributed by atoms with van der Waals surface area (Å²) in [4.78, 5) is 19.0. The second kappa shape index (κ2) is 5.75. The number of halogens is 1. The average molecular weight is 283 g/mol. The summed E-state index contributed by atoms with van der Waals surface area (Å²) in [7, 11) is 0. The molecule has 0 aliphatic heterocycles. The molecule has 0 bridgehead atoms. The van der Waals surface area contributed by atoms with Crippen LogP contribution in [0.3, 0.4) is 0 Å². The predicted octanol–water partition coefficient (Wildman–Crippen LogP) is 3.27. The van der Waals surface area contributed by atoms with Crippen LogP contribution in [0.5, 0.6) is 0 Å². The summed E-state index contributed by atoms with van der Waals surface area (Å²) < 4.78 is 12.8. The molecule has 106 valence electrons. The molecule has 0 aliphatic carbocycles. The minimum Gasteiger partial charge on any atom is -0.345 e. The van der Waals surface area contributed by atoms with Gasteiger partial charge >= 0.3 is 0 Å². The Labute approximate surface area is 121 Å². The van der Waals surface area contributed by atoms with E-state index in [2.05, 4.69) is 15.3 Å². The van der Waals surface area contributed by atoms with Crippen molar-refractivity contribution in [1.82, 2.24) is 9.97 Å². The molecule has 2 N–H and O–H groups in total. The first kappa shape index (κ1) is 13.3. The van der Waals surface area contributed by atoms with Gasteiger partial charge in [-0.15, -0.1) is 0 Å². The molecular formula is C16H14FN3O. The number of H-pyrrole nitrogens is 1. The molecular weight excluding hydrogens is 269 g/mol. The Morgan fingerprint density at radius 1 is 1.19 bits per heavy atom. The Balaban J connectivity index is 1.59. The van der Waals surface area contributed by atoms with Crippen LogP contribution in [-0.4, -0.2) is 15.9 Å². The third-order valence-corrected chi connectivity index (χ3v) is 3.26. The summed E-state index contributed by atoms with van der Waals surface area (Å²) in [5, 5.41) is 2.84. The first-order valence-electron chi connectivity index (χ1n) is 6.68. The van der Waals surface area contributed by atoms with E-state index in [9.17, 15) is 9.18 Å². The van der Waals surface area contributed by atoms with Crippen molar-refractivity contribution in [3.63, 3.8) is 0 Å². The minimum absolute atomic E-state index is 0.0711. The zero-order chi connectivity index (χ0) is 14.7. The van der Waals surface area contributed by atoms with E-state index in [0.29, 0.717) is 12.8 Å². The van der Waals surface area contributed by atoms with Crippen LogP contribution in [0.4, 0.5) is 10.1 Å². The molecule has 0 aliphatic rings. The van der Waals surface area contributed by atoms with Crippen LogP contribution in [0.2, 0.25) is 0 Å². The highest BCUT2D eigenvalue weighted by molar-refractivity contribution is 5.93. The fourth-order valence-electron chi connectivity index (χ4n) is 2.15. The smallest absolute Gasteiger partial charge is 0.224 e. The van der Waals surface area contributed by atoms with Crippen molar-refractivity contribution in [2.45, 2.75) is 12.8 Å². The largest absolute Gasteiger partial charge is 0.345 e. The van der Waals surface area contributed by atoms with Gasteiger partial charge in [0.1, 0.15) is 5.82 Å².